The number of nitrogens with one attached hydrogen (secondary N) is 1. The topological polar surface area (TPSA) is 50.7 Å². The molecule has 0 radical (unpaired) electrons. The number of hydrazone groups is 1. The molecule has 4 nitrogen and oxygen atoms in total. The molecule has 3 rings (SSSR count). The number of aryl methyl sites for hydroxylation is 2. The van der Waals surface area contributed by atoms with Gasteiger partial charge in [-0.3, -0.25) is 4.79 Å². The number of benzene rings is 3. The van der Waals surface area contributed by atoms with Gasteiger partial charge in [0, 0.05) is 5.02 Å². The van der Waals surface area contributed by atoms with E-state index < -0.39 is 0 Å². The van der Waals surface area contributed by atoms with E-state index in [4.69, 9.17) is 16.3 Å². The third kappa shape index (κ3) is 6.44. The predicted molar refractivity (Wildman–Crippen MR) is 125 cm³/mol. The summed E-state index contributed by atoms with van der Waals surface area (Å²) >= 11 is 9.42. The Labute approximate surface area is 190 Å². The quantitative estimate of drug-likeness (QED) is 0.330. The lowest BCUT2D eigenvalue weighted by Gasteiger charge is -2.09. The number of halogens is 2. The van der Waals surface area contributed by atoms with Crippen LogP contribution >= 0.6 is 27.5 Å². The van der Waals surface area contributed by atoms with Crippen molar-refractivity contribution in [3.05, 3.63) is 98.0 Å². The van der Waals surface area contributed by atoms with Gasteiger partial charge in [-0.2, -0.15) is 5.10 Å². The molecule has 0 heterocycles. The maximum atomic E-state index is 12.2. The molecule has 30 heavy (non-hydrogen) atoms. The van der Waals surface area contributed by atoms with E-state index in [-0.39, 0.29) is 5.91 Å². The van der Waals surface area contributed by atoms with Crippen LogP contribution in [-0.2, 0) is 17.8 Å². The first-order chi connectivity index (χ1) is 14.4. The fraction of sp³-hybridized carbons (Fsp3) is 0.167. The third-order valence-corrected chi connectivity index (χ3v) is 5.39. The van der Waals surface area contributed by atoms with E-state index in [1.807, 2.05) is 74.5 Å². The van der Waals surface area contributed by atoms with E-state index in [9.17, 15) is 4.79 Å². The van der Waals surface area contributed by atoms with Gasteiger partial charge in [-0.15, -0.1) is 0 Å². The normalized spacial score (nSPS) is 10.9. The van der Waals surface area contributed by atoms with Crippen molar-refractivity contribution in [2.75, 3.05) is 0 Å². The minimum absolute atomic E-state index is 0.151. The molecule has 154 valence electrons. The molecular weight excluding hydrogens is 464 g/mol. The van der Waals surface area contributed by atoms with Crippen molar-refractivity contribution in [2.45, 2.75) is 26.9 Å². The molecule has 1 amide bonds. The largest absolute Gasteiger partial charge is 0.488 e. The Balaban J connectivity index is 1.54. The molecule has 0 aliphatic rings. The maximum Gasteiger partial charge on any atom is 0.244 e. The highest BCUT2D eigenvalue weighted by molar-refractivity contribution is 9.10. The maximum absolute atomic E-state index is 12.2. The van der Waals surface area contributed by atoms with Crippen molar-refractivity contribution < 1.29 is 9.53 Å². The van der Waals surface area contributed by atoms with Crippen molar-refractivity contribution in [2.24, 2.45) is 5.10 Å². The minimum Gasteiger partial charge on any atom is -0.488 e. The second kappa shape index (κ2) is 10.4. The van der Waals surface area contributed by atoms with Gasteiger partial charge in [-0.25, -0.2) is 5.43 Å². The molecule has 0 fully saturated rings. The van der Waals surface area contributed by atoms with Crippen LogP contribution in [0.5, 0.6) is 5.75 Å². The van der Waals surface area contributed by atoms with Crippen LogP contribution in [0, 0.1) is 13.8 Å². The van der Waals surface area contributed by atoms with E-state index >= 15 is 0 Å². The van der Waals surface area contributed by atoms with Gasteiger partial charge < -0.3 is 4.74 Å². The summed E-state index contributed by atoms with van der Waals surface area (Å²) in [5, 5.41) is 4.76. The summed E-state index contributed by atoms with van der Waals surface area (Å²) in [5.74, 6) is 0.572. The molecule has 0 atom stereocenters. The van der Waals surface area contributed by atoms with Gasteiger partial charge in [0.15, 0.2) is 0 Å². The molecule has 0 aromatic heterocycles. The number of hydrogen-bond acceptors (Lipinski definition) is 3. The molecule has 0 bridgehead atoms. The average molecular weight is 486 g/mol. The van der Waals surface area contributed by atoms with Crippen LogP contribution < -0.4 is 10.2 Å². The number of carbonyl (C=O) groups excluding carboxylic acids is 1. The standard InChI is InChI=1S/C24H22BrClN2O2/c1-16-3-4-17(2)20(11-16)13-24(29)28-27-14-19-7-10-23(22(25)12-19)30-15-18-5-8-21(26)9-6-18/h3-12,14H,13,15H2,1-2H3,(H,28,29)/b27-14+. The van der Waals surface area contributed by atoms with Crippen LogP contribution in [-0.4, -0.2) is 12.1 Å². The second-order valence-corrected chi connectivity index (χ2v) is 8.30. The fourth-order valence-corrected chi connectivity index (χ4v) is 3.48. The first-order valence-electron chi connectivity index (χ1n) is 9.45. The Bertz CT molecular complexity index is 1070. The van der Waals surface area contributed by atoms with Crippen LogP contribution in [0.2, 0.25) is 5.02 Å². The first kappa shape index (κ1) is 22.1. The Morgan fingerprint density at radius 1 is 1.10 bits per heavy atom. The van der Waals surface area contributed by atoms with E-state index in [0.717, 1.165) is 38.0 Å². The fourth-order valence-electron chi connectivity index (χ4n) is 2.84. The third-order valence-electron chi connectivity index (χ3n) is 4.52. The van der Waals surface area contributed by atoms with Crippen LogP contribution in [0.4, 0.5) is 0 Å². The highest BCUT2D eigenvalue weighted by Gasteiger charge is 2.06. The van der Waals surface area contributed by atoms with Crippen LogP contribution in [0.3, 0.4) is 0 Å². The summed E-state index contributed by atoms with van der Waals surface area (Å²) in [6.45, 7) is 4.46. The number of hydrogen-bond donors (Lipinski definition) is 1. The minimum atomic E-state index is -0.151. The number of ether oxygens (including phenoxy) is 1. The summed E-state index contributed by atoms with van der Waals surface area (Å²) in [5.41, 5.74) is 7.69. The lowest BCUT2D eigenvalue weighted by Crippen LogP contribution is -2.20. The Kier molecular flexibility index (Phi) is 7.66. The summed E-state index contributed by atoms with van der Waals surface area (Å²) < 4.78 is 6.65. The molecule has 0 aliphatic carbocycles. The van der Waals surface area contributed by atoms with Crippen molar-refractivity contribution in [3.8, 4) is 5.75 Å². The van der Waals surface area contributed by atoms with E-state index in [0.29, 0.717) is 18.1 Å². The van der Waals surface area contributed by atoms with Crippen LogP contribution in [0.1, 0.15) is 27.8 Å². The molecule has 0 saturated carbocycles. The number of amides is 1. The van der Waals surface area contributed by atoms with Gasteiger partial charge in [-0.1, -0.05) is 47.5 Å². The summed E-state index contributed by atoms with van der Waals surface area (Å²) in [6.07, 6.45) is 1.90. The molecular formula is C24H22BrClN2O2. The molecule has 0 unspecified atom stereocenters. The smallest absolute Gasteiger partial charge is 0.244 e. The first-order valence-corrected chi connectivity index (χ1v) is 10.6. The van der Waals surface area contributed by atoms with Gasteiger partial charge >= 0.3 is 0 Å². The molecule has 3 aromatic carbocycles. The average Bonchev–Trinajstić information content (AvgIpc) is 2.71. The number of carbonyl (C=O) groups is 1. The van der Waals surface area contributed by atoms with E-state index in [2.05, 4.69) is 26.5 Å². The summed E-state index contributed by atoms with van der Waals surface area (Å²) in [4.78, 5) is 12.2. The zero-order chi connectivity index (χ0) is 21.5. The Hall–Kier alpha value is -2.63. The van der Waals surface area contributed by atoms with E-state index in [1.165, 1.54) is 0 Å². The molecule has 0 aliphatic heterocycles. The number of rotatable bonds is 7. The van der Waals surface area contributed by atoms with Gasteiger partial charge in [0.25, 0.3) is 0 Å². The summed E-state index contributed by atoms with van der Waals surface area (Å²) in [6, 6.07) is 19.2. The summed E-state index contributed by atoms with van der Waals surface area (Å²) in [7, 11) is 0. The van der Waals surface area contributed by atoms with Gasteiger partial charge in [0.2, 0.25) is 5.91 Å². The second-order valence-electron chi connectivity index (χ2n) is 7.00. The Morgan fingerprint density at radius 3 is 2.60 bits per heavy atom. The van der Waals surface area contributed by atoms with Gasteiger partial charge in [0.1, 0.15) is 12.4 Å². The van der Waals surface area contributed by atoms with Crippen LogP contribution in [0.15, 0.2) is 70.2 Å². The van der Waals surface area contributed by atoms with Crippen molar-refractivity contribution >= 4 is 39.7 Å². The Morgan fingerprint density at radius 2 is 1.87 bits per heavy atom. The highest BCUT2D eigenvalue weighted by atomic mass is 79.9. The van der Waals surface area contributed by atoms with Gasteiger partial charge in [0.05, 0.1) is 17.1 Å². The van der Waals surface area contributed by atoms with Crippen LogP contribution in [0.25, 0.3) is 0 Å². The SMILES string of the molecule is Cc1ccc(C)c(CC(=O)N/N=C/c2ccc(OCc3ccc(Cl)cc3)c(Br)c2)c1. The van der Waals surface area contributed by atoms with Crippen molar-refractivity contribution in [1.29, 1.82) is 0 Å². The monoisotopic (exact) mass is 484 g/mol. The van der Waals surface area contributed by atoms with Gasteiger partial charge in [-0.05, 0) is 82.4 Å². The lowest BCUT2D eigenvalue weighted by molar-refractivity contribution is -0.120. The lowest BCUT2D eigenvalue weighted by atomic mass is 10.0. The van der Waals surface area contributed by atoms with Crippen molar-refractivity contribution in [3.63, 3.8) is 0 Å². The predicted octanol–water partition coefficient (Wildman–Crippen LogP) is 5.99. The highest BCUT2D eigenvalue weighted by Crippen LogP contribution is 2.26. The molecule has 1 N–H and O–H groups in total. The van der Waals surface area contributed by atoms with Crippen molar-refractivity contribution in [1.82, 2.24) is 5.43 Å². The zero-order valence-electron chi connectivity index (χ0n) is 16.8. The molecule has 6 heteroatoms. The molecule has 3 aromatic rings. The molecule has 0 saturated heterocycles. The molecule has 0 spiro atoms. The van der Waals surface area contributed by atoms with E-state index in [1.54, 1.807) is 6.21 Å². The number of nitrogens with zero attached hydrogens (tertiary/aromatic N) is 1. The zero-order valence-corrected chi connectivity index (χ0v) is 19.1.